The minimum atomic E-state index is -0.226. The van der Waals surface area contributed by atoms with E-state index in [0.717, 1.165) is 37.8 Å². The number of anilines is 2. The van der Waals surface area contributed by atoms with Crippen LogP contribution in [0.5, 0.6) is 0 Å². The summed E-state index contributed by atoms with van der Waals surface area (Å²) in [6.07, 6.45) is 5.17. The van der Waals surface area contributed by atoms with Crippen LogP contribution in [-0.4, -0.2) is 50.1 Å². The Labute approximate surface area is 171 Å². The first-order chi connectivity index (χ1) is 14.2. The van der Waals surface area contributed by atoms with Gasteiger partial charge in [0.25, 0.3) is 5.91 Å². The average molecular weight is 390 g/mol. The van der Waals surface area contributed by atoms with Crippen molar-refractivity contribution in [2.45, 2.75) is 19.3 Å². The summed E-state index contributed by atoms with van der Waals surface area (Å²) in [5.74, 6) is 1.15. The third-order valence-electron chi connectivity index (χ3n) is 5.61. The van der Waals surface area contributed by atoms with Crippen molar-refractivity contribution in [2.24, 2.45) is 0 Å². The van der Waals surface area contributed by atoms with Crippen molar-refractivity contribution in [3.05, 3.63) is 53.8 Å². The fraction of sp³-hybridized carbons (Fsp3) is 0.391. The first kappa shape index (κ1) is 19.1. The van der Waals surface area contributed by atoms with E-state index in [1.165, 1.54) is 19.3 Å². The highest BCUT2D eigenvalue weighted by Gasteiger charge is 2.24. The van der Waals surface area contributed by atoms with Crippen LogP contribution < -0.4 is 9.80 Å². The number of piperazine rings is 1. The quantitative estimate of drug-likeness (QED) is 0.590. The van der Waals surface area contributed by atoms with Gasteiger partial charge in [-0.3, -0.25) is 4.79 Å². The molecule has 2 aromatic rings. The van der Waals surface area contributed by atoms with Gasteiger partial charge in [0.05, 0.1) is 0 Å². The molecule has 29 heavy (non-hydrogen) atoms. The Morgan fingerprint density at radius 2 is 1.62 bits per heavy atom. The minimum absolute atomic E-state index is 0.123. The molecule has 2 saturated heterocycles. The molecule has 6 heteroatoms. The molecule has 6 nitrogen and oxygen atoms in total. The molecule has 0 unspecified atom stereocenters. The molecule has 2 aliphatic rings. The Hall–Kier alpha value is -3.20. The Bertz CT molecular complexity index is 898. The number of amides is 1. The van der Waals surface area contributed by atoms with Gasteiger partial charge in [0.1, 0.15) is 17.4 Å². The van der Waals surface area contributed by atoms with Crippen molar-refractivity contribution < 1.29 is 9.21 Å². The lowest BCUT2D eigenvalue weighted by Gasteiger charge is -2.36. The van der Waals surface area contributed by atoms with E-state index in [9.17, 15) is 10.1 Å². The van der Waals surface area contributed by atoms with E-state index < -0.39 is 0 Å². The van der Waals surface area contributed by atoms with E-state index in [2.05, 4.69) is 28.0 Å². The fourth-order valence-electron chi connectivity index (χ4n) is 3.97. The number of nitrogens with zero attached hydrogens (tertiary/aromatic N) is 4. The zero-order valence-electron chi connectivity index (χ0n) is 16.6. The molecule has 0 aliphatic carbocycles. The summed E-state index contributed by atoms with van der Waals surface area (Å²) < 4.78 is 5.89. The highest BCUT2D eigenvalue weighted by atomic mass is 16.4. The predicted octanol–water partition coefficient (Wildman–Crippen LogP) is 3.53. The van der Waals surface area contributed by atoms with E-state index in [0.29, 0.717) is 18.8 Å². The molecule has 3 heterocycles. The molecule has 150 valence electrons. The number of hydrogen-bond acceptors (Lipinski definition) is 5. The molecular formula is C23H26N4O2. The highest BCUT2D eigenvalue weighted by molar-refractivity contribution is 6.01. The van der Waals surface area contributed by atoms with E-state index in [4.69, 9.17) is 4.42 Å². The molecule has 1 aromatic carbocycles. The molecule has 0 spiro atoms. The van der Waals surface area contributed by atoms with Gasteiger partial charge in [-0.05, 0) is 37.5 Å². The van der Waals surface area contributed by atoms with Crippen LogP contribution in [0.2, 0.25) is 0 Å². The van der Waals surface area contributed by atoms with E-state index in [-0.39, 0.29) is 11.5 Å². The summed E-state index contributed by atoms with van der Waals surface area (Å²) in [6, 6.07) is 16.0. The maximum absolute atomic E-state index is 12.8. The third kappa shape index (κ3) is 4.45. The summed E-state index contributed by atoms with van der Waals surface area (Å²) in [6.45, 7) is 4.70. The predicted molar refractivity (Wildman–Crippen MR) is 114 cm³/mol. The number of para-hydroxylation sites is 1. The zero-order chi connectivity index (χ0) is 20.1. The highest BCUT2D eigenvalue weighted by Crippen LogP contribution is 2.24. The lowest BCUT2D eigenvalue weighted by molar-refractivity contribution is -0.126. The Kier molecular flexibility index (Phi) is 5.85. The molecular weight excluding hydrogens is 364 g/mol. The summed E-state index contributed by atoms with van der Waals surface area (Å²) in [5.41, 5.74) is 1.29. The smallest absolute Gasteiger partial charge is 0.264 e. The van der Waals surface area contributed by atoms with Gasteiger partial charge in [-0.25, -0.2) is 0 Å². The van der Waals surface area contributed by atoms with Gasteiger partial charge in [0.2, 0.25) is 0 Å². The molecule has 0 N–H and O–H groups in total. The van der Waals surface area contributed by atoms with E-state index >= 15 is 0 Å². The number of benzene rings is 1. The lowest BCUT2D eigenvalue weighted by Crippen LogP contribution is -2.49. The van der Waals surface area contributed by atoms with Gasteiger partial charge >= 0.3 is 0 Å². The van der Waals surface area contributed by atoms with E-state index in [1.54, 1.807) is 11.0 Å². The Morgan fingerprint density at radius 1 is 0.897 bits per heavy atom. The van der Waals surface area contributed by atoms with Crippen molar-refractivity contribution >= 4 is 23.6 Å². The number of rotatable bonds is 4. The largest absolute Gasteiger partial charge is 0.441 e. The van der Waals surface area contributed by atoms with Crippen LogP contribution in [-0.2, 0) is 4.79 Å². The molecule has 0 saturated carbocycles. The van der Waals surface area contributed by atoms with Crippen LogP contribution in [0.25, 0.3) is 6.08 Å². The van der Waals surface area contributed by atoms with Gasteiger partial charge in [-0.2, -0.15) is 5.26 Å². The second-order valence-corrected chi connectivity index (χ2v) is 7.51. The van der Waals surface area contributed by atoms with Gasteiger partial charge in [0.15, 0.2) is 5.88 Å². The second kappa shape index (κ2) is 8.87. The molecule has 1 amide bonds. The summed E-state index contributed by atoms with van der Waals surface area (Å²) in [7, 11) is 0. The topological polar surface area (TPSA) is 63.7 Å². The van der Waals surface area contributed by atoms with Crippen molar-refractivity contribution in [1.82, 2.24) is 4.90 Å². The van der Waals surface area contributed by atoms with Crippen molar-refractivity contribution in [3.8, 4) is 6.07 Å². The number of piperidine rings is 1. The molecule has 0 atom stereocenters. The van der Waals surface area contributed by atoms with Crippen molar-refractivity contribution in [3.63, 3.8) is 0 Å². The van der Waals surface area contributed by atoms with Gasteiger partial charge in [0, 0.05) is 57.1 Å². The van der Waals surface area contributed by atoms with Gasteiger partial charge in [-0.1, -0.05) is 18.2 Å². The number of carbonyl (C=O) groups is 1. The van der Waals surface area contributed by atoms with Crippen LogP contribution in [0.3, 0.4) is 0 Å². The molecule has 0 bridgehead atoms. The number of furan rings is 1. The second-order valence-electron chi connectivity index (χ2n) is 7.51. The minimum Gasteiger partial charge on any atom is -0.441 e. The first-order valence-corrected chi connectivity index (χ1v) is 10.3. The molecule has 1 aromatic heterocycles. The standard InChI is InChI=1S/C23H26N4O2/c24-18-19(17-21-9-10-22(29-21)26-11-5-2-6-12-26)23(28)27-15-13-25(14-16-27)20-7-3-1-4-8-20/h1,3-4,7-10,17H,2,5-6,11-16H2/b19-17-. The van der Waals surface area contributed by atoms with Crippen LogP contribution in [0.1, 0.15) is 25.0 Å². The Morgan fingerprint density at radius 3 is 2.31 bits per heavy atom. The molecule has 2 aliphatic heterocycles. The third-order valence-corrected chi connectivity index (χ3v) is 5.61. The summed E-state index contributed by atoms with van der Waals surface area (Å²) in [4.78, 5) is 19.1. The van der Waals surface area contributed by atoms with Gasteiger partial charge < -0.3 is 19.1 Å². The molecule has 4 rings (SSSR count). The normalized spacial score (nSPS) is 17.9. The number of carbonyl (C=O) groups excluding carboxylic acids is 1. The summed E-state index contributed by atoms with van der Waals surface area (Å²) >= 11 is 0. The number of nitriles is 1. The number of hydrogen-bond donors (Lipinski definition) is 0. The Balaban J connectivity index is 1.40. The molecule has 2 fully saturated rings. The van der Waals surface area contributed by atoms with Gasteiger partial charge in [-0.15, -0.1) is 0 Å². The van der Waals surface area contributed by atoms with Crippen LogP contribution in [0.4, 0.5) is 11.6 Å². The van der Waals surface area contributed by atoms with Crippen molar-refractivity contribution in [1.29, 1.82) is 5.26 Å². The zero-order valence-corrected chi connectivity index (χ0v) is 16.6. The van der Waals surface area contributed by atoms with Crippen molar-refractivity contribution in [2.75, 3.05) is 49.1 Å². The maximum Gasteiger partial charge on any atom is 0.264 e. The average Bonchev–Trinajstić information content (AvgIpc) is 3.27. The maximum atomic E-state index is 12.8. The fourth-order valence-corrected chi connectivity index (χ4v) is 3.97. The SMILES string of the molecule is N#C/C(=C/c1ccc(N2CCCCC2)o1)C(=O)N1CCN(c2ccccc2)CC1. The lowest BCUT2D eigenvalue weighted by atomic mass is 10.1. The van der Waals surface area contributed by atoms with Crippen LogP contribution in [0.15, 0.2) is 52.5 Å². The first-order valence-electron chi connectivity index (χ1n) is 10.3. The molecule has 0 radical (unpaired) electrons. The van der Waals surface area contributed by atoms with Crippen LogP contribution in [0, 0.1) is 11.3 Å². The van der Waals surface area contributed by atoms with E-state index in [1.807, 2.05) is 30.3 Å². The monoisotopic (exact) mass is 390 g/mol. The summed E-state index contributed by atoms with van der Waals surface area (Å²) in [5, 5.41) is 9.55. The van der Waals surface area contributed by atoms with Crippen LogP contribution >= 0.6 is 0 Å².